The number of anilines is 2. The Balaban J connectivity index is 0.910. The van der Waals surface area contributed by atoms with Crippen molar-refractivity contribution in [1.29, 1.82) is 0 Å². The summed E-state index contributed by atoms with van der Waals surface area (Å²) in [6, 6.07) is 6.44. The molecule has 0 unspecified atom stereocenters. The molecular weight excluding hydrogens is 852 g/mol. The number of morpholine rings is 1. The van der Waals surface area contributed by atoms with Crippen molar-refractivity contribution in [2.24, 2.45) is 0 Å². The van der Waals surface area contributed by atoms with Crippen LogP contribution >= 0.6 is 11.6 Å². The van der Waals surface area contributed by atoms with Crippen LogP contribution in [0.2, 0.25) is 5.02 Å². The van der Waals surface area contributed by atoms with Crippen LogP contribution in [0, 0.1) is 0 Å². The van der Waals surface area contributed by atoms with Gasteiger partial charge in [0.05, 0.1) is 123 Å². The topological polar surface area (TPSA) is 195 Å². The third-order valence-corrected chi connectivity index (χ3v) is 10.9. The van der Waals surface area contributed by atoms with Gasteiger partial charge in [-0.3, -0.25) is 9.58 Å². The lowest BCUT2D eigenvalue weighted by Gasteiger charge is -2.38. The Morgan fingerprint density at radius 2 is 1.38 bits per heavy atom. The molecule has 0 spiro atoms. The summed E-state index contributed by atoms with van der Waals surface area (Å²) in [4.78, 5) is 11.9. The van der Waals surface area contributed by atoms with E-state index in [0.29, 0.717) is 140 Å². The van der Waals surface area contributed by atoms with Crippen molar-refractivity contribution in [3.63, 3.8) is 0 Å². The minimum Gasteiger partial charge on any atom is -0.487 e. The summed E-state index contributed by atoms with van der Waals surface area (Å²) in [6.45, 7) is 13.2. The largest absolute Gasteiger partial charge is 0.487 e. The molecule has 1 aliphatic heterocycles. The minimum absolute atomic E-state index is 0.224. The van der Waals surface area contributed by atoms with E-state index in [-0.39, 0.29) is 12.1 Å². The molecule has 4 aromatic rings. The molecule has 1 saturated heterocycles. The number of hydrogen-bond acceptors (Lipinski definition) is 18. The molecule has 1 aromatic carbocycles. The van der Waals surface area contributed by atoms with Crippen LogP contribution in [0.4, 0.5) is 11.6 Å². The normalized spacial score (nSPS) is 17.4. The van der Waals surface area contributed by atoms with Crippen LogP contribution in [0.25, 0.3) is 11.1 Å². The van der Waals surface area contributed by atoms with E-state index in [2.05, 4.69) is 35.7 Å². The van der Waals surface area contributed by atoms with Gasteiger partial charge in [-0.25, -0.2) is 14.6 Å². The Hall–Kier alpha value is -4.09. The summed E-state index contributed by atoms with van der Waals surface area (Å²) >= 11 is 6.50. The smallest absolute Gasteiger partial charge is 0.256 e. The highest BCUT2D eigenvalue weighted by Gasteiger charge is 2.29. The average molecular weight is 918 g/mol. The maximum Gasteiger partial charge on any atom is 0.256 e. The van der Waals surface area contributed by atoms with Gasteiger partial charge in [-0.15, -0.1) is 10.2 Å². The van der Waals surface area contributed by atoms with Crippen LogP contribution in [0.3, 0.4) is 0 Å². The van der Waals surface area contributed by atoms with Crippen molar-refractivity contribution in [3.05, 3.63) is 48.1 Å². The zero-order chi connectivity index (χ0) is 44.4. The number of nitrogens with zero attached hydrogens (tertiary/aromatic N) is 9. The first-order valence-electron chi connectivity index (χ1n) is 22.3. The lowest BCUT2D eigenvalue weighted by Crippen LogP contribution is -2.45. The Morgan fingerprint density at radius 1 is 0.766 bits per heavy atom. The molecule has 1 N–H and O–H groups in total. The molecule has 6 rings (SSSR count). The van der Waals surface area contributed by atoms with E-state index in [4.69, 9.17) is 64.1 Å². The molecule has 3 aromatic heterocycles. The van der Waals surface area contributed by atoms with Gasteiger partial charge in [0.25, 0.3) is 5.88 Å². The van der Waals surface area contributed by atoms with Crippen molar-refractivity contribution in [2.75, 3.05) is 131 Å². The predicted molar refractivity (Wildman–Crippen MR) is 236 cm³/mol. The van der Waals surface area contributed by atoms with Gasteiger partial charge in [0.1, 0.15) is 23.9 Å². The first-order chi connectivity index (χ1) is 31.6. The minimum atomic E-state index is -0.224. The monoisotopic (exact) mass is 916 g/mol. The van der Waals surface area contributed by atoms with Gasteiger partial charge in [-0.2, -0.15) is 0 Å². The number of halogens is 1. The quantitative estimate of drug-likeness (QED) is 0.0671. The summed E-state index contributed by atoms with van der Waals surface area (Å²) in [5.41, 5.74) is 2.37. The lowest BCUT2D eigenvalue weighted by molar-refractivity contribution is -0.0193. The molecule has 0 amide bonds. The van der Waals surface area contributed by atoms with Crippen molar-refractivity contribution >= 4 is 23.2 Å². The fourth-order valence-electron chi connectivity index (χ4n) is 7.28. The van der Waals surface area contributed by atoms with E-state index < -0.39 is 0 Å². The number of nitrogens with one attached hydrogen (secondary N) is 1. The highest BCUT2D eigenvalue weighted by Crippen LogP contribution is 2.35. The molecule has 1 saturated carbocycles. The molecule has 2 aliphatic rings. The zero-order valence-corrected chi connectivity index (χ0v) is 38.0. The van der Waals surface area contributed by atoms with E-state index in [0.717, 1.165) is 63.1 Å². The molecule has 4 heterocycles. The second kappa shape index (κ2) is 28.7. The maximum atomic E-state index is 6.50. The third-order valence-electron chi connectivity index (χ3n) is 10.6. The predicted octanol–water partition coefficient (Wildman–Crippen LogP) is 4.52. The van der Waals surface area contributed by atoms with Crippen LogP contribution in [-0.4, -0.2) is 183 Å². The van der Waals surface area contributed by atoms with Gasteiger partial charge in [-0.1, -0.05) is 17.7 Å². The molecule has 2 fully saturated rings. The van der Waals surface area contributed by atoms with Gasteiger partial charge in [0.2, 0.25) is 5.95 Å². The maximum absolute atomic E-state index is 6.50. The van der Waals surface area contributed by atoms with Gasteiger partial charge in [0.15, 0.2) is 0 Å². The summed E-state index contributed by atoms with van der Waals surface area (Å²) < 4.78 is 59.9. The molecule has 1 aliphatic carbocycles. The molecule has 354 valence electrons. The standard InChI is InChI=1S/C43H65ClN10O10/c1-34(31-53-33-47-50-51-53)64-41-28-35(4-9-39(41)44)36-29-45-43(46-30-36)48-40-32-54(38-7-5-37(6-8-38)52-10-14-57-15-11-52)49-42(40)63-13-3-12-56-18-19-59-22-23-61-26-27-62-25-24-60-21-20-58-17-16-55-2/h4,9,28-30,32-34,37-38H,3,5-8,10-27,31H2,1-2H3,(H,45,46,48)/t34-,37-,38-/m0/s1. The number of benzene rings is 1. The van der Waals surface area contributed by atoms with Crippen LogP contribution < -0.4 is 14.8 Å². The fraction of sp³-hybridized carbons (Fsp3) is 0.674. The molecule has 20 nitrogen and oxygen atoms in total. The second-order valence-corrected chi connectivity index (χ2v) is 15.7. The number of ether oxygens (including phenoxy) is 10. The van der Waals surface area contributed by atoms with Gasteiger partial charge in [-0.05, 0) is 60.7 Å². The molecular formula is C43H65ClN10O10. The summed E-state index contributed by atoms with van der Waals surface area (Å²) in [5.74, 6) is 1.47. The average Bonchev–Trinajstić information content (AvgIpc) is 3.99. The first-order valence-corrected chi connectivity index (χ1v) is 22.7. The van der Waals surface area contributed by atoms with E-state index in [1.807, 2.05) is 29.9 Å². The molecule has 64 heavy (non-hydrogen) atoms. The number of tetrazole rings is 1. The molecule has 0 radical (unpaired) electrons. The highest BCUT2D eigenvalue weighted by molar-refractivity contribution is 6.32. The van der Waals surface area contributed by atoms with Crippen LogP contribution in [0.5, 0.6) is 11.6 Å². The van der Waals surface area contributed by atoms with E-state index >= 15 is 0 Å². The molecule has 1 atom stereocenters. The number of aromatic nitrogens is 8. The van der Waals surface area contributed by atoms with Crippen molar-refractivity contribution in [2.45, 2.75) is 63.8 Å². The molecule has 0 bridgehead atoms. The second-order valence-electron chi connectivity index (χ2n) is 15.3. The first kappa shape index (κ1) is 49.3. The van der Waals surface area contributed by atoms with Gasteiger partial charge < -0.3 is 52.7 Å². The van der Waals surface area contributed by atoms with E-state index in [9.17, 15) is 0 Å². The van der Waals surface area contributed by atoms with Gasteiger partial charge >= 0.3 is 0 Å². The van der Waals surface area contributed by atoms with Crippen LogP contribution in [0.15, 0.2) is 43.1 Å². The van der Waals surface area contributed by atoms with Crippen LogP contribution in [0.1, 0.15) is 45.1 Å². The summed E-state index contributed by atoms with van der Waals surface area (Å²) in [7, 11) is 1.65. The van der Waals surface area contributed by atoms with Crippen molar-refractivity contribution in [3.8, 4) is 22.8 Å². The Labute approximate surface area is 380 Å². The van der Waals surface area contributed by atoms with Gasteiger partial charge in [0, 0.05) is 57.2 Å². The zero-order valence-electron chi connectivity index (χ0n) is 37.2. The number of hydrogen-bond donors (Lipinski definition) is 1. The highest BCUT2D eigenvalue weighted by atomic mass is 35.5. The van der Waals surface area contributed by atoms with E-state index in [1.54, 1.807) is 36.6 Å². The van der Waals surface area contributed by atoms with Crippen LogP contribution in [-0.2, 0) is 44.4 Å². The number of rotatable bonds is 32. The molecule has 21 heteroatoms. The van der Waals surface area contributed by atoms with Crippen molar-refractivity contribution in [1.82, 2.24) is 44.9 Å². The van der Waals surface area contributed by atoms with Crippen molar-refractivity contribution < 1.29 is 47.4 Å². The number of methoxy groups -OCH3 is 1. The lowest BCUT2D eigenvalue weighted by atomic mass is 9.90. The summed E-state index contributed by atoms with van der Waals surface area (Å²) in [6.07, 6.45) is 11.9. The fourth-order valence-corrected chi connectivity index (χ4v) is 7.44. The Kier molecular flexibility index (Phi) is 22.2. The Bertz CT molecular complexity index is 1830. The Morgan fingerprint density at radius 3 is 1.98 bits per heavy atom. The SMILES string of the molecule is COCCOCCOCCOCCOCCOCCOCCCOc1nn([C@H]2CC[C@H](N3CCOCC3)CC2)cc1Nc1ncc(-c2ccc(Cl)c(O[C@@H](C)Cn3cnnn3)c2)cn1. The van der Waals surface area contributed by atoms with E-state index in [1.165, 1.54) is 0 Å². The third kappa shape index (κ3) is 17.4. The summed E-state index contributed by atoms with van der Waals surface area (Å²) in [5, 5.41) is 20.1.